The zero-order chi connectivity index (χ0) is 18.0. The molecule has 0 saturated heterocycles. The summed E-state index contributed by atoms with van der Waals surface area (Å²) in [6.07, 6.45) is 0. The molecule has 7 heteroatoms. The fourth-order valence-corrected chi connectivity index (χ4v) is 3.81. The molecule has 1 aliphatic rings. The lowest BCUT2D eigenvalue weighted by atomic mass is 10.1. The molecular formula is C18H16N2O4S. The summed E-state index contributed by atoms with van der Waals surface area (Å²) in [5, 5.41) is 11.6. The number of nitro benzene ring substituents is 1. The molecule has 6 nitrogen and oxygen atoms in total. The Kier molecular flexibility index (Phi) is 4.76. The molecule has 0 atom stereocenters. The van der Waals surface area contributed by atoms with Gasteiger partial charge in [-0.3, -0.25) is 10.1 Å². The Morgan fingerprint density at radius 1 is 1.20 bits per heavy atom. The number of carbonyl (C=O) groups is 1. The average molecular weight is 356 g/mol. The van der Waals surface area contributed by atoms with Crippen molar-refractivity contribution in [2.75, 3.05) is 18.6 Å². The summed E-state index contributed by atoms with van der Waals surface area (Å²) in [5.74, 6) is -0.446. The summed E-state index contributed by atoms with van der Waals surface area (Å²) < 4.78 is 5.23. The zero-order valence-corrected chi connectivity index (χ0v) is 14.6. The molecule has 0 amide bonds. The van der Waals surface area contributed by atoms with Crippen molar-refractivity contribution >= 4 is 34.7 Å². The Morgan fingerprint density at radius 2 is 1.88 bits per heavy atom. The van der Waals surface area contributed by atoms with Gasteiger partial charge in [0.1, 0.15) is 0 Å². The highest BCUT2D eigenvalue weighted by Gasteiger charge is 2.29. The second-order valence-corrected chi connectivity index (χ2v) is 6.36. The standard InChI is InChI=1S/C18H16N2O4S/c1-3-24-18(21)16(12-8-10-13(11-9-12)20(22)23)17-19(2)14-6-4-5-7-15(14)25-17/h4-11H,3H2,1-2H3/b17-16-. The molecule has 0 radical (unpaired) electrons. The molecule has 0 fully saturated rings. The van der Waals surface area contributed by atoms with Crippen molar-refractivity contribution in [2.45, 2.75) is 11.8 Å². The zero-order valence-electron chi connectivity index (χ0n) is 13.8. The van der Waals surface area contributed by atoms with Crippen LogP contribution in [-0.2, 0) is 9.53 Å². The molecule has 25 heavy (non-hydrogen) atoms. The second kappa shape index (κ2) is 6.98. The minimum absolute atomic E-state index is 0.0207. The van der Waals surface area contributed by atoms with Crippen molar-refractivity contribution in [1.82, 2.24) is 0 Å². The first-order valence-electron chi connectivity index (χ1n) is 7.69. The monoisotopic (exact) mass is 356 g/mol. The summed E-state index contributed by atoms with van der Waals surface area (Å²) in [7, 11) is 1.89. The highest BCUT2D eigenvalue weighted by atomic mass is 32.2. The topological polar surface area (TPSA) is 72.7 Å². The maximum absolute atomic E-state index is 12.6. The number of hydrogen-bond acceptors (Lipinski definition) is 6. The van der Waals surface area contributed by atoms with E-state index in [1.165, 1.54) is 23.9 Å². The van der Waals surface area contributed by atoms with E-state index in [1.807, 2.05) is 36.2 Å². The number of ether oxygens (including phenoxy) is 1. The molecule has 1 heterocycles. The molecule has 0 aliphatic carbocycles. The third-order valence-corrected chi connectivity index (χ3v) is 5.03. The minimum Gasteiger partial charge on any atom is -0.462 e. The van der Waals surface area contributed by atoms with Crippen molar-refractivity contribution in [3.63, 3.8) is 0 Å². The van der Waals surface area contributed by atoms with Crippen LogP contribution in [0.2, 0.25) is 0 Å². The van der Waals surface area contributed by atoms with Gasteiger partial charge in [0.2, 0.25) is 0 Å². The van der Waals surface area contributed by atoms with Gasteiger partial charge in [0.15, 0.2) is 0 Å². The number of carbonyl (C=O) groups excluding carboxylic acids is 1. The summed E-state index contributed by atoms with van der Waals surface area (Å²) in [5.41, 5.74) is 1.98. The van der Waals surface area contributed by atoms with Crippen LogP contribution < -0.4 is 4.90 Å². The van der Waals surface area contributed by atoms with Gasteiger partial charge in [0.25, 0.3) is 5.69 Å². The van der Waals surface area contributed by atoms with Crippen LogP contribution in [0.3, 0.4) is 0 Å². The van der Waals surface area contributed by atoms with E-state index in [-0.39, 0.29) is 12.3 Å². The lowest BCUT2D eigenvalue weighted by Crippen LogP contribution is -2.17. The Bertz CT molecular complexity index is 862. The van der Waals surface area contributed by atoms with E-state index in [0.29, 0.717) is 11.1 Å². The molecule has 0 aromatic heterocycles. The maximum Gasteiger partial charge on any atom is 0.341 e. The third-order valence-electron chi connectivity index (χ3n) is 3.80. The van der Waals surface area contributed by atoms with Crippen LogP contribution in [0.25, 0.3) is 5.57 Å². The van der Waals surface area contributed by atoms with Gasteiger partial charge in [-0.25, -0.2) is 4.79 Å². The molecule has 0 spiro atoms. The van der Waals surface area contributed by atoms with Crippen LogP contribution in [-0.4, -0.2) is 24.5 Å². The third kappa shape index (κ3) is 3.23. The highest BCUT2D eigenvalue weighted by molar-refractivity contribution is 8.04. The van der Waals surface area contributed by atoms with Gasteiger partial charge in [-0.15, -0.1) is 0 Å². The molecule has 2 aromatic carbocycles. The fraction of sp³-hybridized carbons (Fsp3) is 0.167. The molecule has 0 bridgehead atoms. The number of para-hydroxylation sites is 1. The SMILES string of the molecule is CCOC(=O)/C(=C1\Sc2ccccc2N1C)c1ccc([N+](=O)[O-])cc1. The molecule has 0 N–H and O–H groups in total. The van der Waals surface area contributed by atoms with E-state index < -0.39 is 10.9 Å². The van der Waals surface area contributed by atoms with E-state index in [2.05, 4.69) is 0 Å². The van der Waals surface area contributed by atoms with Crippen LogP contribution in [0, 0.1) is 10.1 Å². The number of nitro groups is 1. The van der Waals surface area contributed by atoms with Gasteiger partial charge in [-0.1, -0.05) is 23.9 Å². The van der Waals surface area contributed by atoms with Gasteiger partial charge < -0.3 is 9.64 Å². The van der Waals surface area contributed by atoms with E-state index >= 15 is 0 Å². The van der Waals surface area contributed by atoms with E-state index in [1.54, 1.807) is 19.1 Å². The molecule has 0 unspecified atom stereocenters. The summed E-state index contributed by atoms with van der Waals surface area (Å²) in [4.78, 5) is 26.0. The molecule has 0 saturated carbocycles. The number of esters is 1. The molecule has 2 aromatic rings. The Labute approximate surface area is 149 Å². The first-order chi connectivity index (χ1) is 12.0. The summed E-state index contributed by atoms with van der Waals surface area (Å²) in [6.45, 7) is 2.00. The van der Waals surface area contributed by atoms with E-state index in [0.717, 1.165) is 15.6 Å². The van der Waals surface area contributed by atoms with Crippen LogP contribution in [0.5, 0.6) is 0 Å². The lowest BCUT2D eigenvalue weighted by Gasteiger charge is -2.18. The maximum atomic E-state index is 12.6. The van der Waals surface area contributed by atoms with E-state index in [4.69, 9.17) is 4.74 Å². The minimum atomic E-state index is -0.465. The predicted molar refractivity (Wildman–Crippen MR) is 97.4 cm³/mol. The molecule has 1 aliphatic heterocycles. The van der Waals surface area contributed by atoms with Crippen LogP contribution >= 0.6 is 11.8 Å². The van der Waals surface area contributed by atoms with Crippen molar-refractivity contribution in [1.29, 1.82) is 0 Å². The number of thioether (sulfide) groups is 1. The number of benzene rings is 2. The summed E-state index contributed by atoms with van der Waals surface area (Å²) in [6, 6.07) is 13.8. The molecule has 128 valence electrons. The van der Waals surface area contributed by atoms with Crippen molar-refractivity contribution in [3.8, 4) is 0 Å². The van der Waals surface area contributed by atoms with Gasteiger partial charge >= 0.3 is 5.97 Å². The number of non-ortho nitro benzene ring substituents is 1. The van der Waals surface area contributed by atoms with Gasteiger partial charge in [-0.05, 0) is 36.8 Å². The Morgan fingerprint density at radius 3 is 2.48 bits per heavy atom. The lowest BCUT2D eigenvalue weighted by molar-refractivity contribution is -0.384. The van der Waals surface area contributed by atoms with Gasteiger partial charge in [0, 0.05) is 24.1 Å². The van der Waals surface area contributed by atoms with Gasteiger partial charge in [0.05, 0.1) is 27.8 Å². The molecular weight excluding hydrogens is 340 g/mol. The van der Waals surface area contributed by atoms with Crippen molar-refractivity contribution < 1.29 is 14.5 Å². The van der Waals surface area contributed by atoms with Gasteiger partial charge in [-0.2, -0.15) is 0 Å². The first-order valence-corrected chi connectivity index (χ1v) is 8.51. The highest BCUT2D eigenvalue weighted by Crippen LogP contribution is 2.47. The Hall–Kier alpha value is -2.80. The molecule has 3 rings (SSSR count). The largest absolute Gasteiger partial charge is 0.462 e. The Balaban J connectivity index is 2.10. The average Bonchev–Trinajstić information content (AvgIpc) is 2.93. The number of fused-ring (bicyclic) bond motifs is 1. The van der Waals surface area contributed by atoms with Crippen molar-refractivity contribution in [2.24, 2.45) is 0 Å². The summed E-state index contributed by atoms with van der Waals surface area (Å²) >= 11 is 1.48. The second-order valence-electron chi connectivity index (χ2n) is 5.33. The van der Waals surface area contributed by atoms with E-state index in [9.17, 15) is 14.9 Å². The van der Waals surface area contributed by atoms with Crippen LogP contribution in [0.15, 0.2) is 58.5 Å². The number of anilines is 1. The predicted octanol–water partition coefficient (Wildman–Crippen LogP) is 4.07. The van der Waals surface area contributed by atoms with Crippen LogP contribution in [0.4, 0.5) is 11.4 Å². The fourth-order valence-electron chi connectivity index (χ4n) is 2.60. The first kappa shape index (κ1) is 17.0. The van der Waals surface area contributed by atoms with Crippen molar-refractivity contribution in [3.05, 3.63) is 69.2 Å². The normalized spacial score (nSPS) is 14.9. The van der Waals surface area contributed by atoms with Crippen LogP contribution in [0.1, 0.15) is 12.5 Å². The number of rotatable bonds is 4. The quantitative estimate of drug-likeness (QED) is 0.356. The smallest absolute Gasteiger partial charge is 0.341 e. The number of hydrogen-bond donors (Lipinski definition) is 0. The number of nitrogens with zero attached hydrogens (tertiary/aromatic N) is 2.